The van der Waals surface area contributed by atoms with Gasteiger partial charge < -0.3 is 0 Å². The largest absolute Gasteiger partial charge is 0.271 e. The van der Waals surface area contributed by atoms with Crippen molar-refractivity contribution >= 4 is 29.6 Å². The molecule has 0 fully saturated rings. The van der Waals surface area contributed by atoms with E-state index in [0.29, 0.717) is 5.56 Å². The molecule has 0 aliphatic carbocycles. The van der Waals surface area contributed by atoms with Crippen LogP contribution in [0.15, 0.2) is 126 Å². The molecular formula is C30H25N5O. The van der Waals surface area contributed by atoms with Gasteiger partial charge in [-0.05, 0) is 47.0 Å². The normalized spacial score (nSPS) is 15.4. The summed E-state index contributed by atoms with van der Waals surface area (Å²) in [4.78, 5) is 16.0. The molecule has 0 spiro atoms. The SMILES string of the molecule is O=C(N/N=C\c1ccc(N2N=C(/C=C/c3ccccc3)C[C@@H]2c2ccccc2)cc1)c1ccncc1. The van der Waals surface area contributed by atoms with Crippen molar-refractivity contribution < 1.29 is 4.79 Å². The van der Waals surface area contributed by atoms with Gasteiger partial charge in [0.2, 0.25) is 0 Å². The Morgan fingerprint density at radius 3 is 2.25 bits per heavy atom. The van der Waals surface area contributed by atoms with Gasteiger partial charge in [-0.15, -0.1) is 0 Å². The number of carbonyl (C=O) groups excluding carboxylic acids is 1. The van der Waals surface area contributed by atoms with E-state index in [4.69, 9.17) is 5.10 Å². The minimum Gasteiger partial charge on any atom is -0.267 e. The Bertz CT molecular complexity index is 1380. The van der Waals surface area contributed by atoms with E-state index in [1.54, 1.807) is 30.7 Å². The van der Waals surface area contributed by atoms with Gasteiger partial charge >= 0.3 is 0 Å². The van der Waals surface area contributed by atoms with Crippen molar-refractivity contribution in [3.05, 3.63) is 138 Å². The number of hydrazone groups is 2. The Morgan fingerprint density at radius 2 is 1.53 bits per heavy atom. The first kappa shape index (κ1) is 22.9. The number of benzene rings is 3. The summed E-state index contributed by atoms with van der Waals surface area (Å²) in [5, 5.41) is 11.1. The summed E-state index contributed by atoms with van der Waals surface area (Å²) >= 11 is 0. The lowest BCUT2D eigenvalue weighted by atomic mass is 10.0. The van der Waals surface area contributed by atoms with E-state index in [-0.39, 0.29) is 11.9 Å². The van der Waals surface area contributed by atoms with Crippen LogP contribution in [0.2, 0.25) is 0 Å². The number of pyridine rings is 1. The van der Waals surface area contributed by atoms with E-state index in [1.807, 2.05) is 48.5 Å². The molecule has 0 saturated heterocycles. The summed E-state index contributed by atoms with van der Waals surface area (Å²) in [7, 11) is 0. The molecule has 36 heavy (non-hydrogen) atoms. The standard InChI is InChI=1S/C30H25N5O/c36-30(26-17-19-31-20-18-26)33-32-22-24-12-15-28(16-13-24)35-29(25-9-5-2-6-10-25)21-27(34-35)14-11-23-7-3-1-4-8-23/h1-20,22,29H,21H2,(H,33,36)/b14-11+,32-22-/t29-/m1/s1. The van der Waals surface area contributed by atoms with Crippen molar-refractivity contribution in [2.24, 2.45) is 10.2 Å². The van der Waals surface area contributed by atoms with Crippen LogP contribution in [-0.4, -0.2) is 22.8 Å². The Kier molecular flexibility index (Phi) is 7.04. The first-order chi connectivity index (χ1) is 17.8. The minimum atomic E-state index is -0.279. The van der Waals surface area contributed by atoms with Gasteiger partial charge in [0, 0.05) is 24.4 Å². The van der Waals surface area contributed by atoms with Crippen LogP contribution in [-0.2, 0) is 0 Å². The summed E-state index contributed by atoms with van der Waals surface area (Å²) in [5.41, 5.74) is 8.30. The second kappa shape index (κ2) is 11.1. The second-order valence-electron chi connectivity index (χ2n) is 8.34. The van der Waals surface area contributed by atoms with Crippen molar-refractivity contribution in [2.45, 2.75) is 12.5 Å². The Hall–Kier alpha value is -4.84. The molecule has 4 aromatic rings. The zero-order valence-corrected chi connectivity index (χ0v) is 19.6. The van der Waals surface area contributed by atoms with E-state index >= 15 is 0 Å². The summed E-state index contributed by atoms with van der Waals surface area (Å²) in [5.74, 6) is -0.279. The fourth-order valence-electron chi connectivity index (χ4n) is 4.01. The number of rotatable bonds is 7. The monoisotopic (exact) mass is 471 g/mol. The fourth-order valence-corrected chi connectivity index (χ4v) is 4.01. The van der Waals surface area contributed by atoms with Crippen LogP contribution in [0.4, 0.5) is 5.69 Å². The van der Waals surface area contributed by atoms with Gasteiger partial charge in [0.1, 0.15) is 0 Å². The lowest BCUT2D eigenvalue weighted by molar-refractivity contribution is 0.0955. The number of aromatic nitrogens is 1. The molecule has 6 heteroatoms. The molecule has 3 aromatic carbocycles. The van der Waals surface area contributed by atoms with Gasteiger partial charge in [0.15, 0.2) is 0 Å². The zero-order valence-electron chi connectivity index (χ0n) is 19.6. The molecular weight excluding hydrogens is 446 g/mol. The number of anilines is 1. The number of amides is 1. The van der Waals surface area contributed by atoms with Gasteiger partial charge in [-0.25, -0.2) is 5.43 Å². The van der Waals surface area contributed by atoms with Crippen LogP contribution in [0.3, 0.4) is 0 Å². The van der Waals surface area contributed by atoms with E-state index in [2.05, 4.69) is 69.1 Å². The molecule has 1 aromatic heterocycles. The highest BCUT2D eigenvalue weighted by Crippen LogP contribution is 2.35. The van der Waals surface area contributed by atoms with Crippen molar-refractivity contribution in [3.63, 3.8) is 0 Å². The quantitative estimate of drug-likeness (QED) is 0.271. The topological polar surface area (TPSA) is 70.0 Å². The highest BCUT2D eigenvalue weighted by molar-refractivity contribution is 6.01. The lowest BCUT2D eigenvalue weighted by Crippen LogP contribution is -2.18. The first-order valence-corrected chi connectivity index (χ1v) is 11.7. The highest BCUT2D eigenvalue weighted by atomic mass is 16.2. The van der Waals surface area contributed by atoms with Crippen LogP contribution in [0.5, 0.6) is 0 Å². The summed E-state index contributed by atoms with van der Waals surface area (Å²) < 4.78 is 0. The lowest BCUT2D eigenvalue weighted by Gasteiger charge is -2.24. The van der Waals surface area contributed by atoms with E-state index in [1.165, 1.54) is 5.56 Å². The third-order valence-electron chi connectivity index (χ3n) is 5.87. The molecule has 0 bridgehead atoms. The predicted molar refractivity (Wildman–Crippen MR) is 145 cm³/mol. The molecule has 6 nitrogen and oxygen atoms in total. The van der Waals surface area contributed by atoms with Crippen molar-refractivity contribution in [2.75, 3.05) is 5.01 Å². The summed E-state index contributed by atoms with van der Waals surface area (Å²) in [6, 6.07) is 32.0. The van der Waals surface area contributed by atoms with Crippen molar-refractivity contribution in [1.29, 1.82) is 0 Å². The number of nitrogens with zero attached hydrogens (tertiary/aromatic N) is 4. The number of hydrogen-bond donors (Lipinski definition) is 1. The third-order valence-corrected chi connectivity index (χ3v) is 5.87. The average Bonchev–Trinajstić information content (AvgIpc) is 3.38. The molecule has 5 rings (SSSR count). The second-order valence-corrected chi connectivity index (χ2v) is 8.34. The summed E-state index contributed by atoms with van der Waals surface area (Å²) in [6.07, 6.45) is 9.78. The Balaban J connectivity index is 1.32. The third kappa shape index (κ3) is 5.62. The van der Waals surface area contributed by atoms with Gasteiger partial charge in [-0.1, -0.05) is 78.9 Å². The maximum absolute atomic E-state index is 12.1. The highest BCUT2D eigenvalue weighted by Gasteiger charge is 2.28. The number of carbonyl (C=O) groups is 1. The van der Waals surface area contributed by atoms with Crippen molar-refractivity contribution in [3.8, 4) is 0 Å². The molecule has 176 valence electrons. The maximum Gasteiger partial charge on any atom is 0.271 e. The molecule has 0 radical (unpaired) electrons. The van der Waals surface area contributed by atoms with Gasteiger partial charge in [0.25, 0.3) is 5.91 Å². The van der Waals surface area contributed by atoms with Crippen LogP contribution < -0.4 is 10.4 Å². The molecule has 1 aliphatic heterocycles. The van der Waals surface area contributed by atoms with E-state index < -0.39 is 0 Å². The van der Waals surface area contributed by atoms with Gasteiger partial charge in [0.05, 0.1) is 23.7 Å². The Morgan fingerprint density at radius 1 is 0.833 bits per heavy atom. The molecule has 1 aliphatic rings. The Labute approximate surface area is 210 Å². The first-order valence-electron chi connectivity index (χ1n) is 11.7. The zero-order chi connectivity index (χ0) is 24.6. The van der Waals surface area contributed by atoms with Gasteiger partial charge in [-0.2, -0.15) is 10.2 Å². The summed E-state index contributed by atoms with van der Waals surface area (Å²) in [6.45, 7) is 0. The van der Waals surface area contributed by atoms with E-state index in [9.17, 15) is 4.79 Å². The van der Waals surface area contributed by atoms with Crippen LogP contribution in [0, 0.1) is 0 Å². The molecule has 1 amide bonds. The number of hydrogen-bond acceptors (Lipinski definition) is 5. The van der Waals surface area contributed by atoms with Crippen LogP contribution >= 0.6 is 0 Å². The van der Waals surface area contributed by atoms with Crippen molar-refractivity contribution in [1.82, 2.24) is 10.4 Å². The fraction of sp³-hybridized carbons (Fsp3) is 0.0667. The van der Waals surface area contributed by atoms with Crippen LogP contribution in [0.25, 0.3) is 6.08 Å². The number of allylic oxidation sites excluding steroid dienone is 1. The molecule has 1 N–H and O–H groups in total. The minimum absolute atomic E-state index is 0.112. The molecule has 0 unspecified atom stereocenters. The molecule has 1 atom stereocenters. The predicted octanol–water partition coefficient (Wildman–Crippen LogP) is 5.87. The van der Waals surface area contributed by atoms with Crippen LogP contribution in [0.1, 0.15) is 39.5 Å². The maximum atomic E-state index is 12.1. The average molecular weight is 472 g/mol. The smallest absolute Gasteiger partial charge is 0.267 e. The molecule has 2 heterocycles. The van der Waals surface area contributed by atoms with Gasteiger partial charge in [-0.3, -0.25) is 14.8 Å². The molecule has 0 saturated carbocycles. The number of nitrogens with one attached hydrogen (secondary N) is 1. The van der Waals surface area contributed by atoms with E-state index in [0.717, 1.165) is 28.9 Å².